The van der Waals surface area contributed by atoms with E-state index in [1.807, 2.05) is 27.7 Å². The predicted molar refractivity (Wildman–Crippen MR) is 57.4 cm³/mol. The van der Waals surface area contributed by atoms with Crippen molar-refractivity contribution in [2.24, 2.45) is 0 Å². The van der Waals surface area contributed by atoms with E-state index in [4.69, 9.17) is 16.9 Å². The van der Waals surface area contributed by atoms with E-state index in [1.165, 1.54) is 0 Å². The van der Waals surface area contributed by atoms with Crippen LogP contribution in [0.5, 0.6) is 0 Å². The van der Waals surface area contributed by atoms with Gasteiger partial charge in [0.25, 0.3) is 0 Å². The van der Waals surface area contributed by atoms with E-state index in [0.717, 1.165) is 11.4 Å². The van der Waals surface area contributed by atoms with Gasteiger partial charge in [-0.3, -0.25) is 4.98 Å². The van der Waals surface area contributed by atoms with Gasteiger partial charge in [0, 0.05) is 5.41 Å². The summed E-state index contributed by atoms with van der Waals surface area (Å²) >= 11 is 6.05. The first-order chi connectivity index (χ1) is 6.36. The minimum absolute atomic E-state index is 0.0875. The molecule has 0 spiro atoms. The summed E-state index contributed by atoms with van der Waals surface area (Å²) in [6.07, 6.45) is 0. The summed E-state index contributed by atoms with van der Waals surface area (Å²) in [4.78, 5) is 4.36. The number of halogens is 1. The Kier molecular flexibility index (Phi) is 2.82. The largest absolute Gasteiger partial charge is 0.255 e. The summed E-state index contributed by atoms with van der Waals surface area (Å²) < 4.78 is 0. The number of pyridine rings is 1. The van der Waals surface area contributed by atoms with Crippen molar-refractivity contribution in [3.05, 3.63) is 28.0 Å². The molecular weight excluding hydrogens is 196 g/mol. The Morgan fingerprint density at radius 1 is 1.43 bits per heavy atom. The fraction of sp³-hybridized carbons (Fsp3) is 0.455. The number of rotatable bonds is 0. The van der Waals surface area contributed by atoms with E-state index in [0.29, 0.717) is 10.6 Å². The normalized spacial score (nSPS) is 11.1. The molecule has 0 bridgehead atoms. The lowest BCUT2D eigenvalue weighted by Crippen LogP contribution is -2.15. The zero-order valence-corrected chi connectivity index (χ0v) is 9.61. The van der Waals surface area contributed by atoms with Crippen LogP contribution < -0.4 is 0 Å². The van der Waals surface area contributed by atoms with Crippen LogP contribution in [0.3, 0.4) is 0 Å². The van der Waals surface area contributed by atoms with Crippen LogP contribution in [-0.2, 0) is 5.41 Å². The van der Waals surface area contributed by atoms with E-state index >= 15 is 0 Å². The van der Waals surface area contributed by atoms with Crippen molar-refractivity contribution in [2.75, 3.05) is 0 Å². The van der Waals surface area contributed by atoms with Crippen LogP contribution in [0.4, 0.5) is 0 Å². The standard InChI is InChI=1S/C11H13ClN2/c1-7-8(6-13)5-9(12)10(14-7)11(2,3)4/h5H,1-4H3. The number of aromatic nitrogens is 1. The molecule has 0 amide bonds. The van der Waals surface area contributed by atoms with E-state index in [-0.39, 0.29) is 5.41 Å². The lowest BCUT2D eigenvalue weighted by molar-refractivity contribution is 0.567. The van der Waals surface area contributed by atoms with Crippen molar-refractivity contribution in [1.29, 1.82) is 5.26 Å². The van der Waals surface area contributed by atoms with Crippen molar-refractivity contribution >= 4 is 11.6 Å². The van der Waals surface area contributed by atoms with Crippen LogP contribution in [0, 0.1) is 18.3 Å². The van der Waals surface area contributed by atoms with E-state index in [1.54, 1.807) is 6.07 Å². The smallest absolute Gasteiger partial charge is 0.101 e. The molecule has 0 N–H and O–H groups in total. The van der Waals surface area contributed by atoms with Gasteiger partial charge in [0.15, 0.2) is 0 Å². The first-order valence-corrected chi connectivity index (χ1v) is 4.82. The van der Waals surface area contributed by atoms with Gasteiger partial charge in [-0.25, -0.2) is 0 Å². The maximum atomic E-state index is 8.79. The van der Waals surface area contributed by atoms with Crippen LogP contribution in [0.15, 0.2) is 6.07 Å². The lowest BCUT2D eigenvalue weighted by Gasteiger charge is -2.19. The Hall–Kier alpha value is -1.07. The average molecular weight is 209 g/mol. The Labute approximate surface area is 89.5 Å². The van der Waals surface area contributed by atoms with Crippen molar-refractivity contribution in [2.45, 2.75) is 33.1 Å². The quantitative estimate of drug-likeness (QED) is 0.657. The molecule has 3 heteroatoms. The minimum atomic E-state index is -0.0875. The highest BCUT2D eigenvalue weighted by atomic mass is 35.5. The minimum Gasteiger partial charge on any atom is -0.255 e. The monoisotopic (exact) mass is 208 g/mol. The second-order valence-electron chi connectivity index (χ2n) is 4.31. The number of hydrogen-bond acceptors (Lipinski definition) is 2. The maximum absolute atomic E-state index is 8.79. The summed E-state index contributed by atoms with van der Waals surface area (Å²) in [5, 5.41) is 9.36. The molecule has 0 atom stereocenters. The lowest BCUT2D eigenvalue weighted by atomic mass is 9.91. The van der Waals surface area contributed by atoms with Gasteiger partial charge in [-0.15, -0.1) is 0 Å². The number of nitriles is 1. The van der Waals surface area contributed by atoms with Gasteiger partial charge in [0.2, 0.25) is 0 Å². The Morgan fingerprint density at radius 3 is 2.43 bits per heavy atom. The van der Waals surface area contributed by atoms with Gasteiger partial charge in [-0.2, -0.15) is 5.26 Å². The average Bonchev–Trinajstić information content (AvgIpc) is 2.06. The first kappa shape index (κ1) is 11.0. The highest BCUT2D eigenvalue weighted by Gasteiger charge is 2.20. The molecule has 1 aromatic rings. The van der Waals surface area contributed by atoms with Crippen molar-refractivity contribution in [1.82, 2.24) is 4.98 Å². The molecule has 1 rings (SSSR count). The molecule has 1 aromatic heterocycles. The zero-order chi connectivity index (χ0) is 10.9. The Morgan fingerprint density at radius 2 is 2.00 bits per heavy atom. The third-order valence-corrected chi connectivity index (χ3v) is 2.29. The number of nitrogens with zero attached hydrogens (tertiary/aromatic N) is 2. The maximum Gasteiger partial charge on any atom is 0.101 e. The Balaban J connectivity index is 3.38. The molecule has 0 fully saturated rings. The van der Waals surface area contributed by atoms with Crippen LogP contribution in [0.2, 0.25) is 5.02 Å². The van der Waals surface area contributed by atoms with Crippen LogP contribution in [0.25, 0.3) is 0 Å². The van der Waals surface area contributed by atoms with E-state index in [9.17, 15) is 0 Å². The molecule has 0 radical (unpaired) electrons. The molecule has 1 heterocycles. The van der Waals surface area contributed by atoms with Crippen LogP contribution in [-0.4, -0.2) is 4.98 Å². The third kappa shape index (κ3) is 2.05. The second kappa shape index (κ2) is 3.59. The third-order valence-electron chi connectivity index (χ3n) is 2.00. The van der Waals surface area contributed by atoms with E-state index in [2.05, 4.69) is 11.1 Å². The van der Waals surface area contributed by atoms with Crippen LogP contribution in [0.1, 0.15) is 37.7 Å². The second-order valence-corrected chi connectivity index (χ2v) is 4.72. The predicted octanol–water partition coefficient (Wildman–Crippen LogP) is 3.21. The summed E-state index contributed by atoms with van der Waals surface area (Å²) in [5.74, 6) is 0. The van der Waals surface area contributed by atoms with Gasteiger partial charge in [-0.05, 0) is 13.0 Å². The zero-order valence-electron chi connectivity index (χ0n) is 8.85. The highest BCUT2D eigenvalue weighted by molar-refractivity contribution is 6.31. The first-order valence-electron chi connectivity index (χ1n) is 4.44. The van der Waals surface area contributed by atoms with Crippen LogP contribution >= 0.6 is 11.6 Å². The van der Waals surface area contributed by atoms with Crippen molar-refractivity contribution in [3.63, 3.8) is 0 Å². The van der Waals surface area contributed by atoms with E-state index < -0.39 is 0 Å². The van der Waals surface area contributed by atoms with Gasteiger partial charge in [-0.1, -0.05) is 32.4 Å². The topological polar surface area (TPSA) is 36.7 Å². The molecule has 0 aromatic carbocycles. The van der Waals surface area contributed by atoms with Gasteiger partial charge < -0.3 is 0 Å². The molecule has 0 saturated carbocycles. The summed E-state index contributed by atoms with van der Waals surface area (Å²) in [7, 11) is 0. The molecular formula is C11H13ClN2. The summed E-state index contributed by atoms with van der Waals surface area (Å²) in [6, 6.07) is 3.75. The summed E-state index contributed by atoms with van der Waals surface area (Å²) in [6.45, 7) is 7.97. The molecule has 74 valence electrons. The SMILES string of the molecule is Cc1nc(C(C)(C)C)c(Cl)cc1C#N. The molecule has 0 aliphatic heterocycles. The molecule has 0 aliphatic carbocycles. The van der Waals surface area contributed by atoms with Gasteiger partial charge >= 0.3 is 0 Å². The summed E-state index contributed by atoms with van der Waals surface area (Å²) in [5.41, 5.74) is 2.04. The van der Waals surface area contributed by atoms with Gasteiger partial charge in [0.1, 0.15) is 6.07 Å². The van der Waals surface area contributed by atoms with Crippen molar-refractivity contribution < 1.29 is 0 Å². The molecule has 0 aliphatic rings. The van der Waals surface area contributed by atoms with Crippen molar-refractivity contribution in [3.8, 4) is 6.07 Å². The number of hydrogen-bond donors (Lipinski definition) is 0. The molecule has 14 heavy (non-hydrogen) atoms. The fourth-order valence-corrected chi connectivity index (χ4v) is 1.65. The fourth-order valence-electron chi connectivity index (χ4n) is 1.22. The number of aryl methyl sites for hydroxylation is 1. The molecule has 0 unspecified atom stereocenters. The molecule has 2 nitrogen and oxygen atoms in total. The van der Waals surface area contributed by atoms with Gasteiger partial charge in [0.05, 0.1) is 22.0 Å². The highest BCUT2D eigenvalue weighted by Crippen LogP contribution is 2.28. The Bertz CT molecular complexity index is 397. The molecule has 0 saturated heterocycles.